The number of amides is 2. The van der Waals surface area contributed by atoms with Crippen molar-refractivity contribution in [2.75, 3.05) is 0 Å². The molecule has 2 N–H and O–H groups in total. The first kappa shape index (κ1) is 17.8. The van der Waals surface area contributed by atoms with Gasteiger partial charge >= 0.3 is 0 Å². The number of carbonyl (C=O) groups is 2. The van der Waals surface area contributed by atoms with Crippen LogP contribution in [0.4, 0.5) is 10.1 Å². The summed E-state index contributed by atoms with van der Waals surface area (Å²) in [5, 5.41) is 11.6. The Kier molecular flexibility index (Phi) is 4.83. The number of hydrogen-bond acceptors (Lipinski definition) is 5. The minimum atomic E-state index is -0.853. The summed E-state index contributed by atoms with van der Waals surface area (Å²) >= 11 is 7.09. The standard InChI is InChI=1S/C16H9ClFN3O4S/c17-13-10-6-5-8(18)7-12(10)26-14(13)16(23)20-19-15(22)9-3-1-2-4-11(9)21(24)25/h1-7H,(H,19,22)(H,20,23). The van der Waals surface area contributed by atoms with Gasteiger partial charge < -0.3 is 0 Å². The van der Waals surface area contributed by atoms with E-state index < -0.39 is 28.2 Å². The largest absolute Gasteiger partial charge is 0.282 e. The molecule has 0 aliphatic heterocycles. The van der Waals surface area contributed by atoms with Gasteiger partial charge in [0.15, 0.2) is 0 Å². The van der Waals surface area contributed by atoms with Crippen molar-refractivity contribution in [2.45, 2.75) is 0 Å². The van der Waals surface area contributed by atoms with Crippen LogP contribution < -0.4 is 10.9 Å². The first-order valence-corrected chi connectivity index (χ1v) is 8.29. The van der Waals surface area contributed by atoms with E-state index >= 15 is 0 Å². The Morgan fingerprint density at radius 3 is 2.54 bits per heavy atom. The van der Waals surface area contributed by atoms with Crippen LogP contribution in [0.3, 0.4) is 0 Å². The average molecular weight is 394 g/mol. The second-order valence-corrected chi connectivity index (χ2v) is 6.50. The number of halogens is 2. The number of nitro groups is 1. The molecule has 26 heavy (non-hydrogen) atoms. The van der Waals surface area contributed by atoms with Crippen LogP contribution in [-0.2, 0) is 0 Å². The van der Waals surface area contributed by atoms with Gasteiger partial charge in [-0.2, -0.15) is 0 Å². The zero-order valence-corrected chi connectivity index (χ0v) is 14.4. The van der Waals surface area contributed by atoms with E-state index in [4.69, 9.17) is 11.6 Å². The van der Waals surface area contributed by atoms with Crippen molar-refractivity contribution in [2.24, 2.45) is 0 Å². The average Bonchev–Trinajstić information content (AvgIpc) is 2.95. The molecule has 132 valence electrons. The summed E-state index contributed by atoms with van der Waals surface area (Å²) in [6.07, 6.45) is 0. The topological polar surface area (TPSA) is 101 Å². The van der Waals surface area contributed by atoms with Crippen molar-refractivity contribution in [3.05, 3.63) is 73.9 Å². The summed E-state index contributed by atoms with van der Waals surface area (Å²) in [6, 6.07) is 9.23. The van der Waals surface area contributed by atoms with E-state index in [0.717, 1.165) is 11.3 Å². The molecule has 2 amide bonds. The summed E-state index contributed by atoms with van der Waals surface area (Å²) in [5.41, 5.74) is 3.66. The molecule has 0 unspecified atom stereocenters. The molecule has 0 saturated heterocycles. The number of nitrogens with one attached hydrogen (secondary N) is 2. The molecular formula is C16H9ClFN3O4S. The SMILES string of the molecule is O=C(NNC(=O)c1sc2cc(F)ccc2c1Cl)c1ccccc1[N+](=O)[O-]. The van der Waals surface area contributed by atoms with Gasteiger partial charge in [-0.25, -0.2) is 4.39 Å². The van der Waals surface area contributed by atoms with Crippen LogP contribution in [0.1, 0.15) is 20.0 Å². The molecule has 0 radical (unpaired) electrons. The highest BCUT2D eigenvalue weighted by Crippen LogP contribution is 2.35. The predicted molar refractivity (Wildman–Crippen MR) is 94.8 cm³/mol. The van der Waals surface area contributed by atoms with Crippen LogP contribution in [0, 0.1) is 15.9 Å². The van der Waals surface area contributed by atoms with E-state index in [1.54, 1.807) is 0 Å². The van der Waals surface area contributed by atoms with Crippen LogP contribution in [0.25, 0.3) is 10.1 Å². The van der Waals surface area contributed by atoms with E-state index in [2.05, 4.69) is 10.9 Å². The molecule has 1 heterocycles. The quantitative estimate of drug-likeness (QED) is 0.523. The summed E-state index contributed by atoms with van der Waals surface area (Å²) in [5.74, 6) is -2.04. The molecule has 10 heteroatoms. The molecule has 1 aromatic heterocycles. The first-order chi connectivity index (χ1) is 12.4. The van der Waals surface area contributed by atoms with Gasteiger partial charge in [-0.1, -0.05) is 23.7 Å². The molecule has 0 saturated carbocycles. The van der Waals surface area contributed by atoms with Gasteiger partial charge in [0.2, 0.25) is 0 Å². The van der Waals surface area contributed by atoms with Crippen LogP contribution in [-0.4, -0.2) is 16.7 Å². The number of rotatable bonds is 3. The molecule has 2 aromatic carbocycles. The number of benzene rings is 2. The lowest BCUT2D eigenvalue weighted by Crippen LogP contribution is -2.41. The number of hydrazine groups is 1. The van der Waals surface area contributed by atoms with Gasteiger partial charge in [-0.05, 0) is 24.3 Å². The fraction of sp³-hybridized carbons (Fsp3) is 0. The van der Waals surface area contributed by atoms with Gasteiger partial charge in [0, 0.05) is 16.2 Å². The van der Waals surface area contributed by atoms with Crippen LogP contribution in [0.15, 0.2) is 42.5 Å². The van der Waals surface area contributed by atoms with E-state index in [-0.39, 0.29) is 15.5 Å². The van der Waals surface area contributed by atoms with Crippen molar-refractivity contribution in [1.82, 2.24) is 10.9 Å². The number of para-hydroxylation sites is 1. The number of thiophene rings is 1. The Morgan fingerprint density at radius 2 is 1.81 bits per heavy atom. The minimum Gasteiger partial charge on any atom is -0.267 e. The number of nitro benzene ring substituents is 1. The van der Waals surface area contributed by atoms with Crippen LogP contribution in [0.5, 0.6) is 0 Å². The van der Waals surface area contributed by atoms with E-state index in [0.29, 0.717) is 10.1 Å². The highest BCUT2D eigenvalue weighted by molar-refractivity contribution is 7.21. The zero-order valence-electron chi connectivity index (χ0n) is 12.8. The maximum absolute atomic E-state index is 13.3. The number of fused-ring (bicyclic) bond motifs is 1. The fourth-order valence-corrected chi connectivity index (χ4v) is 3.68. The lowest BCUT2D eigenvalue weighted by Gasteiger charge is -2.07. The summed E-state index contributed by atoms with van der Waals surface area (Å²) in [7, 11) is 0. The number of hydrogen-bond donors (Lipinski definition) is 2. The molecule has 0 spiro atoms. The zero-order chi connectivity index (χ0) is 18.8. The van der Waals surface area contributed by atoms with E-state index in [9.17, 15) is 24.1 Å². The molecule has 3 rings (SSSR count). The van der Waals surface area contributed by atoms with Crippen molar-refractivity contribution in [3.63, 3.8) is 0 Å². The van der Waals surface area contributed by atoms with Crippen molar-refractivity contribution in [3.8, 4) is 0 Å². The highest BCUT2D eigenvalue weighted by atomic mass is 35.5. The number of nitrogens with zero attached hydrogens (tertiary/aromatic N) is 1. The Hall–Kier alpha value is -3.04. The Balaban J connectivity index is 1.78. The summed E-state index contributed by atoms with van der Waals surface area (Å²) in [4.78, 5) is 34.7. The molecular weight excluding hydrogens is 385 g/mol. The third kappa shape index (κ3) is 3.35. The monoisotopic (exact) mass is 393 g/mol. The Morgan fingerprint density at radius 1 is 1.12 bits per heavy atom. The minimum absolute atomic E-state index is 0.0788. The molecule has 3 aromatic rings. The molecule has 0 aliphatic rings. The second-order valence-electron chi connectivity index (χ2n) is 5.07. The molecule has 0 aliphatic carbocycles. The maximum Gasteiger partial charge on any atom is 0.282 e. The molecule has 0 bridgehead atoms. The van der Waals surface area contributed by atoms with Gasteiger partial charge in [-0.15, -0.1) is 11.3 Å². The maximum atomic E-state index is 13.3. The van der Waals surface area contributed by atoms with E-state index in [1.807, 2.05) is 0 Å². The van der Waals surface area contributed by atoms with Gasteiger partial charge in [0.05, 0.1) is 9.95 Å². The van der Waals surface area contributed by atoms with Gasteiger partial charge in [0.25, 0.3) is 17.5 Å². The highest BCUT2D eigenvalue weighted by Gasteiger charge is 2.21. The summed E-state index contributed by atoms with van der Waals surface area (Å²) in [6.45, 7) is 0. The number of carbonyl (C=O) groups excluding carboxylic acids is 2. The molecule has 0 atom stereocenters. The molecule has 0 fully saturated rings. The fourth-order valence-electron chi connectivity index (χ4n) is 2.25. The Labute approximate surface area is 154 Å². The van der Waals surface area contributed by atoms with Crippen LogP contribution in [0.2, 0.25) is 5.02 Å². The second kappa shape index (κ2) is 7.06. The summed E-state index contributed by atoms with van der Waals surface area (Å²) < 4.78 is 13.8. The van der Waals surface area contributed by atoms with Gasteiger partial charge in [0.1, 0.15) is 16.3 Å². The van der Waals surface area contributed by atoms with Crippen molar-refractivity contribution < 1.29 is 18.9 Å². The third-order valence-electron chi connectivity index (χ3n) is 3.43. The van der Waals surface area contributed by atoms with Crippen LogP contribution >= 0.6 is 22.9 Å². The lowest BCUT2D eigenvalue weighted by molar-refractivity contribution is -0.385. The smallest absolute Gasteiger partial charge is 0.267 e. The predicted octanol–water partition coefficient (Wildman–Crippen LogP) is 3.68. The third-order valence-corrected chi connectivity index (χ3v) is 5.09. The van der Waals surface area contributed by atoms with Crippen molar-refractivity contribution >= 4 is 50.5 Å². The first-order valence-electron chi connectivity index (χ1n) is 7.10. The normalized spacial score (nSPS) is 10.5. The van der Waals surface area contributed by atoms with E-state index in [1.165, 1.54) is 42.5 Å². The van der Waals surface area contributed by atoms with Gasteiger partial charge in [-0.3, -0.25) is 30.6 Å². The van der Waals surface area contributed by atoms with Crippen molar-refractivity contribution in [1.29, 1.82) is 0 Å². The lowest BCUT2D eigenvalue weighted by atomic mass is 10.2. The Bertz CT molecular complexity index is 1050. The molecule has 7 nitrogen and oxygen atoms in total.